The van der Waals surface area contributed by atoms with Crippen molar-refractivity contribution in [3.05, 3.63) is 23.8 Å². The Morgan fingerprint density at radius 2 is 2.00 bits per heavy atom. The van der Waals surface area contributed by atoms with E-state index in [4.69, 9.17) is 9.47 Å². The van der Waals surface area contributed by atoms with Crippen molar-refractivity contribution < 1.29 is 9.47 Å². The summed E-state index contributed by atoms with van der Waals surface area (Å²) in [5, 5.41) is 3.58. The Morgan fingerprint density at radius 3 is 2.59 bits per heavy atom. The molecule has 0 amide bonds. The maximum absolute atomic E-state index is 5.48. The number of hydrogen-bond acceptors (Lipinski definition) is 3. The van der Waals surface area contributed by atoms with Gasteiger partial charge in [-0.25, -0.2) is 0 Å². The SMILES string of the molecule is COc1cccc(C2CCC(C)CN2)c1OC. The standard InChI is InChI=1S/C14H21NO2/c1-10-7-8-12(15-9-10)11-5-4-6-13(16-2)14(11)17-3/h4-6,10,12,15H,7-9H2,1-3H3. The Balaban J connectivity index is 2.25. The lowest BCUT2D eigenvalue weighted by molar-refractivity contribution is 0.312. The Bertz CT molecular complexity index is 370. The zero-order chi connectivity index (χ0) is 12.3. The molecule has 3 heteroatoms. The summed E-state index contributed by atoms with van der Waals surface area (Å²) < 4.78 is 10.8. The Hall–Kier alpha value is -1.22. The highest BCUT2D eigenvalue weighted by Crippen LogP contribution is 2.37. The molecule has 0 spiro atoms. The van der Waals surface area contributed by atoms with E-state index < -0.39 is 0 Å². The van der Waals surface area contributed by atoms with E-state index in [1.165, 1.54) is 12.0 Å². The lowest BCUT2D eigenvalue weighted by Crippen LogP contribution is -2.32. The van der Waals surface area contributed by atoms with Crippen molar-refractivity contribution in [2.75, 3.05) is 20.8 Å². The van der Waals surface area contributed by atoms with Crippen molar-refractivity contribution in [3.63, 3.8) is 0 Å². The van der Waals surface area contributed by atoms with Crippen molar-refractivity contribution in [2.45, 2.75) is 25.8 Å². The van der Waals surface area contributed by atoms with Crippen LogP contribution in [0.4, 0.5) is 0 Å². The number of methoxy groups -OCH3 is 2. The van der Waals surface area contributed by atoms with Crippen LogP contribution in [0.1, 0.15) is 31.4 Å². The van der Waals surface area contributed by atoms with Gasteiger partial charge in [0.15, 0.2) is 11.5 Å². The van der Waals surface area contributed by atoms with E-state index in [1.807, 2.05) is 12.1 Å². The molecular weight excluding hydrogens is 214 g/mol. The third-order valence-corrected chi connectivity index (χ3v) is 3.47. The van der Waals surface area contributed by atoms with Gasteiger partial charge < -0.3 is 14.8 Å². The number of nitrogens with one attached hydrogen (secondary N) is 1. The van der Waals surface area contributed by atoms with Gasteiger partial charge in [-0.2, -0.15) is 0 Å². The molecule has 94 valence electrons. The molecule has 1 N–H and O–H groups in total. The zero-order valence-electron chi connectivity index (χ0n) is 10.8. The maximum atomic E-state index is 5.48. The number of rotatable bonds is 3. The second-order valence-corrected chi connectivity index (χ2v) is 4.73. The average Bonchev–Trinajstić information content (AvgIpc) is 2.38. The van der Waals surface area contributed by atoms with Crippen LogP contribution in [0.25, 0.3) is 0 Å². The average molecular weight is 235 g/mol. The Kier molecular flexibility index (Phi) is 3.89. The maximum Gasteiger partial charge on any atom is 0.165 e. The van der Waals surface area contributed by atoms with Crippen molar-refractivity contribution in [2.24, 2.45) is 5.92 Å². The van der Waals surface area contributed by atoms with Crippen LogP contribution >= 0.6 is 0 Å². The topological polar surface area (TPSA) is 30.5 Å². The lowest BCUT2D eigenvalue weighted by atomic mass is 9.91. The van der Waals surface area contributed by atoms with Crippen LogP contribution in [-0.2, 0) is 0 Å². The largest absolute Gasteiger partial charge is 0.493 e. The summed E-state index contributed by atoms with van der Waals surface area (Å²) in [5.41, 5.74) is 1.21. The van der Waals surface area contributed by atoms with E-state index in [1.54, 1.807) is 14.2 Å². The summed E-state index contributed by atoms with van der Waals surface area (Å²) in [7, 11) is 3.38. The molecule has 1 heterocycles. The number of piperidine rings is 1. The lowest BCUT2D eigenvalue weighted by Gasteiger charge is -2.29. The van der Waals surface area contributed by atoms with E-state index in [-0.39, 0.29) is 0 Å². The van der Waals surface area contributed by atoms with Gasteiger partial charge in [-0.3, -0.25) is 0 Å². The second kappa shape index (κ2) is 5.41. The molecule has 1 aliphatic heterocycles. The summed E-state index contributed by atoms with van der Waals surface area (Å²) in [6, 6.07) is 6.47. The monoisotopic (exact) mass is 235 g/mol. The first kappa shape index (κ1) is 12.2. The Morgan fingerprint density at radius 1 is 1.18 bits per heavy atom. The molecule has 0 aliphatic carbocycles. The highest BCUT2D eigenvalue weighted by atomic mass is 16.5. The molecule has 3 nitrogen and oxygen atoms in total. The molecule has 17 heavy (non-hydrogen) atoms. The minimum atomic E-state index is 0.385. The van der Waals surface area contributed by atoms with Crippen LogP contribution in [-0.4, -0.2) is 20.8 Å². The normalized spacial score (nSPS) is 24.4. The van der Waals surface area contributed by atoms with E-state index in [2.05, 4.69) is 18.3 Å². The van der Waals surface area contributed by atoms with Gasteiger partial charge >= 0.3 is 0 Å². The molecular formula is C14H21NO2. The summed E-state index contributed by atoms with van der Waals surface area (Å²) in [6.07, 6.45) is 2.42. The first-order valence-corrected chi connectivity index (χ1v) is 6.20. The van der Waals surface area contributed by atoms with Crippen molar-refractivity contribution >= 4 is 0 Å². The first-order chi connectivity index (χ1) is 8.26. The van der Waals surface area contributed by atoms with E-state index in [0.29, 0.717) is 6.04 Å². The predicted octanol–water partition coefficient (Wildman–Crippen LogP) is 2.76. The van der Waals surface area contributed by atoms with E-state index >= 15 is 0 Å². The quantitative estimate of drug-likeness (QED) is 0.874. The minimum absolute atomic E-state index is 0.385. The number of para-hydroxylation sites is 1. The van der Waals surface area contributed by atoms with Crippen molar-refractivity contribution in [1.29, 1.82) is 0 Å². The van der Waals surface area contributed by atoms with Gasteiger partial charge in [0.25, 0.3) is 0 Å². The van der Waals surface area contributed by atoms with Gasteiger partial charge in [0.2, 0.25) is 0 Å². The molecule has 1 aromatic carbocycles. The number of hydrogen-bond donors (Lipinski definition) is 1. The molecule has 0 bridgehead atoms. The molecule has 1 aliphatic rings. The van der Waals surface area contributed by atoms with Crippen LogP contribution in [0.5, 0.6) is 11.5 Å². The first-order valence-electron chi connectivity index (χ1n) is 6.20. The molecule has 1 fully saturated rings. The number of benzene rings is 1. The summed E-state index contributed by atoms with van der Waals surface area (Å²) in [5.74, 6) is 2.44. The van der Waals surface area contributed by atoms with Gasteiger partial charge in [-0.05, 0) is 31.4 Å². The highest BCUT2D eigenvalue weighted by molar-refractivity contribution is 5.48. The third kappa shape index (κ3) is 2.55. The van der Waals surface area contributed by atoms with E-state index in [0.717, 1.165) is 30.4 Å². The van der Waals surface area contributed by atoms with Gasteiger partial charge in [-0.15, -0.1) is 0 Å². The van der Waals surface area contributed by atoms with Crippen LogP contribution in [0.15, 0.2) is 18.2 Å². The minimum Gasteiger partial charge on any atom is -0.493 e. The van der Waals surface area contributed by atoms with Gasteiger partial charge in [0.1, 0.15) is 0 Å². The summed E-state index contributed by atoms with van der Waals surface area (Å²) in [6.45, 7) is 3.36. The van der Waals surface area contributed by atoms with Crippen molar-refractivity contribution in [3.8, 4) is 11.5 Å². The molecule has 2 atom stereocenters. The van der Waals surface area contributed by atoms with Crippen LogP contribution in [0.3, 0.4) is 0 Å². The molecule has 2 rings (SSSR count). The molecule has 1 aromatic rings. The highest BCUT2D eigenvalue weighted by Gasteiger charge is 2.23. The van der Waals surface area contributed by atoms with Crippen LogP contribution < -0.4 is 14.8 Å². The van der Waals surface area contributed by atoms with Crippen molar-refractivity contribution in [1.82, 2.24) is 5.32 Å². The second-order valence-electron chi connectivity index (χ2n) is 4.73. The molecule has 1 saturated heterocycles. The fourth-order valence-corrected chi connectivity index (χ4v) is 2.45. The fourth-order valence-electron chi connectivity index (χ4n) is 2.45. The van der Waals surface area contributed by atoms with Crippen LogP contribution in [0, 0.1) is 5.92 Å². The smallest absolute Gasteiger partial charge is 0.165 e. The summed E-state index contributed by atoms with van der Waals surface area (Å²) in [4.78, 5) is 0. The van der Waals surface area contributed by atoms with Crippen LogP contribution in [0.2, 0.25) is 0 Å². The number of ether oxygens (including phenoxy) is 2. The Labute approximate surface area is 103 Å². The predicted molar refractivity (Wildman–Crippen MR) is 68.7 cm³/mol. The zero-order valence-corrected chi connectivity index (χ0v) is 10.8. The molecule has 0 radical (unpaired) electrons. The third-order valence-electron chi connectivity index (χ3n) is 3.47. The summed E-state index contributed by atoms with van der Waals surface area (Å²) >= 11 is 0. The van der Waals surface area contributed by atoms with Gasteiger partial charge in [-0.1, -0.05) is 19.1 Å². The fraction of sp³-hybridized carbons (Fsp3) is 0.571. The molecule has 0 saturated carbocycles. The van der Waals surface area contributed by atoms with E-state index in [9.17, 15) is 0 Å². The molecule has 0 aromatic heterocycles. The van der Waals surface area contributed by atoms with Gasteiger partial charge in [0, 0.05) is 11.6 Å². The van der Waals surface area contributed by atoms with Gasteiger partial charge in [0.05, 0.1) is 14.2 Å². The molecule has 2 unspecified atom stereocenters.